The normalized spacial score (nSPS) is 12.6. The fourth-order valence-corrected chi connectivity index (χ4v) is 1.65. The van der Waals surface area contributed by atoms with Gasteiger partial charge in [-0.3, -0.25) is 0 Å². The van der Waals surface area contributed by atoms with Gasteiger partial charge in [-0.1, -0.05) is 0 Å². The van der Waals surface area contributed by atoms with E-state index >= 15 is 0 Å². The van der Waals surface area contributed by atoms with Crippen molar-refractivity contribution >= 4 is 16.6 Å². The van der Waals surface area contributed by atoms with Gasteiger partial charge in [-0.25, -0.2) is 9.97 Å². The van der Waals surface area contributed by atoms with Gasteiger partial charge in [0, 0.05) is 12.3 Å². The summed E-state index contributed by atoms with van der Waals surface area (Å²) in [5, 5.41) is 0.820. The Morgan fingerprint density at radius 2 is 2.17 bits per heavy atom. The Morgan fingerprint density at radius 3 is 2.94 bits per heavy atom. The number of aromatic nitrogens is 2. The van der Waals surface area contributed by atoms with Gasteiger partial charge in [-0.05, 0) is 32.0 Å². The van der Waals surface area contributed by atoms with Crippen LogP contribution in [0.3, 0.4) is 0 Å². The van der Waals surface area contributed by atoms with Crippen LogP contribution in [0.5, 0.6) is 5.88 Å². The first kappa shape index (κ1) is 12.6. The van der Waals surface area contributed by atoms with E-state index in [0.717, 1.165) is 10.9 Å². The van der Waals surface area contributed by atoms with Crippen molar-refractivity contribution in [2.24, 2.45) is 0 Å². The molecular formula is C13H17N3O2. The van der Waals surface area contributed by atoms with Gasteiger partial charge >= 0.3 is 0 Å². The average molecular weight is 247 g/mol. The highest BCUT2D eigenvalue weighted by Gasteiger charge is 2.09. The Hall–Kier alpha value is -1.88. The number of nitrogen functional groups attached to an aromatic ring is 1. The molecule has 1 aromatic carbocycles. The minimum Gasteiger partial charge on any atom is -0.472 e. The largest absolute Gasteiger partial charge is 0.472 e. The van der Waals surface area contributed by atoms with Gasteiger partial charge < -0.3 is 15.2 Å². The first-order valence-electron chi connectivity index (χ1n) is 5.95. The van der Waals surface area contributed by atoms with E-state index < -0.39 is 0 Å². The molecule has 0 amide bonds. The number of nitrogens with zero attached hydrogens (tertiary/aromatic N) is 2. The van der Waals surface area contributed by atoms with Gasteiger partial charge in [-0.2, -0.15) is 0 Å². The molecule has 0 saturated carbocycles. The highest BCUT2D eigenvalue weighted by atomic mass is 16.5. The Balaban J connectivity index is 2.24. The van der Waals surface area contributed by atoms with E-state index in [1.54, 1.807) is 0 Å². The van der Waals surface area contributed by atoms with Crippen LogP contribution in [0.25, 0.3) is 10.9 Å². The fourth-order valence-electron chi connectivity index (χ4n) is 1.65. The number of ether oxygens (including phenoxy) is 2. The van der Waals surface area contributed by atoms with E-state index in [0.29, 0.717) is 24.8 Å². The summed E-state index contributed by atoms with van der Waals surface area (Å²) in [5.74, 6) is 0.541. The molecule has 0 aliphatic rings. The molecule has 0 radical (unpaired) electrons. The van der Waals surface area contributed by atoms with Crippen molar-refractivity contribution in [1.82, 2.24) is 9.97 Å². The van der Waals surface area contributed by atoms with Crippen LogP contribution in [-0.4, -0.2) is 29.3 Å². The summed E-state index contributed by atoms with van der Waals surface area (Å²) in [6.45, 7) is 5.10. The Kier molecular flexibility index (Phi) is 3.94. The number of hydrogen-bond donors (Lipinski definition) is 1. The van der Waals surface area contributed by atoms with Crippen LogP contribution in [0, 0.1) is 0 Å². The zero-order valence-electron chi connectivity index (χ0n) is 10.6. The number of benzene rings is 1. The van der Waals surface area contributed by atoms with Crippen molar-refractivity contribution in [3.8, 4) is 5.88 Å². The fraction of sp³-hybridized carbons (Fsp3) is 0.385. The zero-order valence-corrected chi connectivity index (χ0v) is 10.6. The quantitative estimate of drug-likeness (QED) is 0.818. The lowest BCUT2D eigenvalue weighted by Gasteiger charge is -2.14. The molecule has 0 spiro atoms. The monoisotopic (exact) mass is 247 g/mol. The summed E-state index contributed by atoms with van der Waals surface area (Å²) in [7, 11) is 0. The van der Waals surface area contributed by atoms with E-state index in [2.05, 4.69) is 9.97 Å². The molecule has 1 atom stereocenters. The molecule has 18 heavy (non-hydrogen) atoms. The zero-order chi connectivity index (χ0) is 13.0. The van der Waals surface area contributed by atoms with Gasteiger partial charge in [0.1, 0.15) is 12.4 Å². The standard InChI is InChI=1S/C13H17N3O2/c1-3-17-7-9(2)18-13-11-6-10(14)4-5-12(11)15-8-16-13/h4-6,8-9H,3,7,14H2,1-2H3. The maximum atomic E-state index is 5.77. The molecule has 5 nitrogen and oxygen atoms in total. The van der Waals surface area contributed by atoms with Crippen LogP contribution in [-0.2, 0) is 4.74 Å². The molecule has 5 heteroatoms. The Bertz CT molecular complexity index is 531. The molecular weight excluding hydrogens is 230 g/mol. The van der Waals surface area contributed by atoms with Gasteiger partial charge in [0.2, 0.25) is 5.88 Å². The Labute approximate surface area is 106 Å². The molecule has 1 unspecified atom stereocenters. The third-order valence-corrected chi connectivity index (χ3v) is 2.49. The molecule has 1 heterocycles. The molecule has 2 rings (SSSR count). The van der Waals surface area contributed by atoms with Crippen LogP contribution in [0.15, 0.2) is 24.5 Å². The second-order valence-electron chi connectivity index (χ2n) is 4.04. The highest BCUT2D eigenvalue weighted by Crippen LogP contribution is 2.24. The van der Waals surface area contributed by atoms with Crippen molar-refractivity contribution in [3.63, 3.8) is 0 Å². The maximum absolute atomic E-state index is 5.77. The first-order valence-corrected chi connectivity index (χ1v) is 5.95. The van der Waals surface area contributed by atoms with E-state index in [1.165, 1.54) is 6.33 Å². The summed E-state index contributed by atoms with van der Waals surface area (Å²) < 4.78 is 11.1. The molecule has 0 aliphatic carbocycles. The van der Waals surface area contributed by atoms with Crippen LogP contribution in [0.1, 0.15) is 13.8 Å². The van der Waals surface area contributed by atoms with E-state index in [-0.39, 0.29) is 6.10 Å². The lowest BCUT2D eigenvalue weighted by molar-refractivity contribution is 0.0642. The van der Waals surface area contributed by atoms with Crippen molar-refractivity contribution < 1.29 is 9.47 Å². The first-order chi connectivity index (χ1) is 8.70. The van der Waals surface area contributed by atoms with E-state index in [9.17, 15) is 0 Å². The number of fused-ring (bicyclic) bond motifs is 1. The van der Waals surface area contributed by atoms with Gasteiger partial charge in [-0.15, -0.1) is 0 Å². The third-order valence-electron chi connectivity index (χ3n) is 2.49. The lowest BCUT2D eigenvalue weighted by atomic mass is 10.2. The third kappa shape index (κ3) is 2.87. The van der Waals surface area contributed by atoms with Gasteiger partial charge in [0.25, 0.3) is 0 Å². The molecule has 0 aliphatic heterocycles. The second-order valence-corrected chi connectivity index (χ2v) is 4.04. The SMILES string of the molecule is CCOCC(C)Oc1ncnc2ccc(N)cc12. The predicted octanol–water partition coefficient (Wildman–Crippen LogP) is 2.02. The number of hydrogen-bond acceptors (Lipinski definition) is 5. The van der Waals surface area contributed by atoms with Crippen LogP contribution in [0.2, 0.25) is 0 Å². The van der Waals surface area contributed by atoms with Crippen molar-refractivity contribution in [2.75, 3.05) is 18.9 Å². The van der Waals surface area contributed by atoms with Crippen LogP contribution < -0.4 is 10.5 Å². The second kappa shape index (κ2) is 5.64. The predicted molar refractivity (Wildman–Crippen MR) is 70.5 cm³/mol. The number of anilines is 1. The van der Waals surface area contributed by atoms with Crippen molar-refractivity contribution in [2.45, 2.75) is 20.0 Å². The van der Waals surface area contributed by atoms with Crippen molar-refractivity contribution in [1.29, 1.82) is 0 Å². The number of nitrogens with two attached hydrogens (primary N) is 1. The van der Waals surface area contributed by atoms with Crippen molar-refractivity contribution in [3.05, 3.63) is 24.5 Å². The summed E-state index contributed by atoms with van der Waals surface area (Å²) >= 11 is 0. The summed E-state index contributed by atoms with van der Waals surface area (Å²) in [5.41, 5.74) is 7.25. The smallest absolute Gasteiger partial charge is 0.224 e. The molecule has 96 valence electrons. The Morgan fingerprint density at radius 1 is 1.33 bits per heavy atom. The summed E-state index contributed by atoms with van der Waals surface area (Å²) in [6.07, 6.45) is 1.42. The van der Waals surface area contributed by atoms with E-state index in [4.69, 9.17) is 15.2 Å². The highest BCUT2D eigenvalue weighted by molar-refractivity contribution is 5.86. The van der Waals surface area contributed by atoms with Crippen LogP contribution >= 0.6 is 0 Å². The van der Waals surface area contributed by atoms with Gasteiger partial charge in [0.15, 0.2) is 0 Å². The summed E-state index contributed by atoms with van der Waals surface area (Å²) in [6, 6.07) is 5.48. The number of rotatable bonds is 5. The molecule has 2 N–H and O–H groups in total. The molecule has 0 saturated heterocycles. The minimum atomic E-state index is -0.0653. The maximum Gasteiger partial charge on any atom is 0.224 e. The minimum absolute atomic E-state index is 0.0653. The molecule has 0 fully saturated rings. The molecule has 1 aromatic heterocycles. The topological polar surface area (TPSA) is 70.3 Å². The summed E-state index contributed by atoms with van der Waals surface area (Å²) in [4.78, 5) is 8.33. The molecule has 2 aromatic rings. The van der Waals surface area contributed by atoms with Gasteiger partial charge in [0.05, 0.1) is 17.5 Å². The van der Waals surface area contributed by atoms with E-state index in [1.807, 2.05) is 32.0 Å². The lowest BCUT2D eigenvalue weighted by Crippen LogP contribution is -2.19. The average Bonchev–Trinajstić information content (AvgIpc) is 2.37. The van der Waals surface area contributed by atoms with Crippen LogP contribution in [0.4, 0.5) is 5.69 Å². The molecule has 0 bridgehead atoms.